The Kier molecular flexibility index (Phi) is 9.77. The van der Waals surface area contributed by atoms with E-state index in [1.54, 1.807) is 0 Å². The largest absolute Gasteiger partial charge is 0.304 e. The van der Waals surface area contributed by atoms with Crippen LogP contribution in [0.4, 0.5) is 0 Å². The molecule has 0 aromatic rings. The SMILES string of the molecule is CSCCC(C)N(C)CCCCC(=O)NN. The molecule has 0 aliphatic carbocycles. The molecule has 0 rings (SSSR count). The maximum atomic E-state index is 10.9. The summed E-state index contributed by atoms with van der Waals surface area (Å²) in [5.74, 6) is 6.14. The van der Waals surface area contributed by atoms with Gasteiger partial charge in [0, 0.05) is 12.5 Å². The minimum absolute atomic E-state index is 0.0712. The zero-order valence-electron chi connectivity index (χ0n) is 10.7. The standard InChI is InChI=1S/C11H25N3OS/c1-10(7-9-16-3)14(2)8-5-4-6-11(15)13-12/h10H,4-9,12H2,1-3H3,(H,13,15). The van der Waals surface area contributed by atoms with E-state index < -0.39 is 0 Å². The maximum Gasteiger partial charge on any atom is 0.233 e. The molecule has 0 aromatic carbocycles. The second-order valence-corrected chi connectivity index (χ2v) is 5.12. The van der Waals surface area contributed by atoms with Crippen molar-refractivity contribution in [2.45, 2.75) is 38.6 Å². The topological polar surface area (TPSA) is 58.4 Å². The highest BCUT2D eigenvalue weighted by atomic mass is 32.2. The van der Waals surface area contributed by atoms with Crippen LogP contribution in [0.1, 0.15) is 32.6 Å². The normalized spacial score (nSPS) is 12.8. The van der Waals surface area contributed by atoms with Crippen molar-refractivity contribution in [3.63, 3.8) is 0 Å². The van der Waals surface area contributed by atoms with Crippen molar-refractivity contribution in [3.8, 4) is 0 Å². The number of carbonyl (C=O) groups is 1. The van der Waals surface area contributed by atoms with Crippen molar-refractivity contribution in [1.29, 1.82) is 0 Å². The first-order valence-electron chi connectivity index (χ1n) is 5.80. The van der Waals surface area contributed by atoms with E-state index in [1.165, 1.54) is 12.2 Å². The summed E-state index contributed by atoms with van der Waals surface area (Å²) in [7, 11) is 2.15. The van der Waals surface area contributed by atoms with Crippen molar-refractivity contribution in [2.75, 3.05) is 25.6 Å². The number of nitrogens with one attached hydrogen (secondary N) is 1. The van der Waals surface area contributed by atoms with E-state index >= 15 is 0 Å². The van der Waals surface area contributed by atoms with Gasteiger partial charge in [0.25, 0.3) is 0 Å². The van der Waals surface area contributed by atoms with E-state index in [9.17, 15) is 4.79 Å². The number of unbranched alkanes of at least 4 members (excludes halogenated alkanes) is 1. The lowest BCUT2D eigenvalue weighted by atomic mass is 10.2. The fraction of sp³-hybridized carbons (Fsp3) is 0.909. The van der Waals surface area contributed by atoms with Gasteiger partial charge in [-0.2, -0.15) is 11.8 Å². The Morgan fingerprint density at radius 3 is 2.75 bits per heavy atom. The van der Waals surface area contributed by atoms with Gasteiger partial charge in [-0.25, -0.2) is 5.84 Å². The van der Waals surface area contributed by atoms with Crippen LogP contribution in [0.25, 0.3) is 0 Å². The Labute approximate surface area is 103 Å². The summed E-state index contributed by atoms with van der Waals surface area (Å²) in [5, 5.41) is 0. The molecule has 1 atom stereocenters. The summed E-state index contributed by atoms with van der Waals surface area (Å²) in [6.07, 6.45) is 5.85. The summed E-state index contributed by atoms with van der Waals surface area (Å²) in [6.45, 7) is 3.30. The first-order chi connectivity index (χ1) is 7.61. The molecule has 3 N–H and O–H groups in total. The molecular weight excluding hydrogens is 222 g/mol. The molecule has 5 heteroatoms. The number of hydrogen-bond acceptors (Lipinski definition) is 4. The summed E-state index contributed by atoms with van der Waals surface area (Å²) < 4.78 is 0. The van der Waals surface area contributed by atoms with E-state index in [0.29, 0.717) is 12.5 Å². The molecule has 96 valence electrons. The highest BCUT2D eigenvalue weighted by molar-refractivity contribution is 7.98. The molecule has 1 amide bonds. The van der Waals surface area contributed by atoms with Gasteiger partial charge in [-0.1, -0.05) is 0 Å². The molecule has 0 aromatic heterocycles. The summed E-state index contributed by atoms with van der Waals surface area (Å²) in [5.41, 5.74) is 2.15. The van der Waals surface area contributed by atoms with Gasteiger partial charge in [0.15, 0.2) is 0 Å². The molecule has 0 aliphatic heterocycles. The second kappa shape index (κ2) is 9.93. The lowest BCUT2D eigenvalue weighted by molar-refractivity contribution is -0.121. The zero-order chi connectivity index (χ0) is 12.4. The number of hydrogen-bond donors (Lipinski definition) is 2. The average molecular weight is 247 g/mol. The first-order valence-corrected chi connectivity index (χ1v) is 7.19. The van der Waals surface area contributed by atoms with Crippen molar-refractivity contribution >= 4 is 17.7 Å². The lowest BCUT2D eigenvalue weighted by Crippen LogP contribution is -2.31. The summed E-state index contributed by atoms with van der Waals surface area (Å²) >= 11 is 1.89. The van der Waals surface area contributed by atoms with Crippen LogP contribution >= 0.6 is 11.8 Å². The molecular formula is C11H25N3OS. The summed E-state index contributed by atoms with van der Waals surface area (Å²) in [4.78, 5) is 13.2. The van der Waals surface area contributed by atoms with Crippen LogP contribution in [0.15, 0.2) is 0 Å². The van der Waals surface area contributed by atoms with Gasteiger partial charge in [0.05, 0.1) is 0 Å². The third-order valence-corrected chi connectivity index (χ3v) is 3.46. The number of carbonyl (C=O) groups excluding carboxylic acids is 1. The van der Waals surface area contributed by atoms with Crippen LogP contribution in [0, 0.1) is 0 Å². The van der Waals surface area contributed by atoms with Crippen LogP contribution in [-0.4, -0.2) is 42.4 Å². The Bertz CT molecular complexity index is 190. The third kappa shape index (κ3) is 7.96. The fourth-order valence-electron chi connectivity index (χ4n) is 1.45. The predicted octanol–water partition coefficient (Wildman–Crippen LogP) is 1.22. The molecule has 0 bridgehead atoms. The Morgan fingerprint density at radius 1 is 1.50 bits per heavy atom. The number of hydrazine groups is 1. The molecule has 0 saturated heterocycles. The van der Waals surface area contributed by atoms with Gasteiger partial charge >= 0.3 is 0 Å². The zero-order valence-corrected chi connectivity index (χ0v) is 11.5. The monoisotopic (exact) mass is 247 g/mol. The smallest absolute Gasteiger partial charge is 0.233 e. The molecule has 0 heterocycles. The second-order valence-electron chi connectivity index (χ2n) is 4.14. The van der Waals surface area contributed by atoms with Gasteiger partial charge in [-0.05, 0) is 51.8 Å². The van der Waals surface area contributed by atoms with Gasteiger partial charge < -0.3 is 4.90 Å². The minimum atomic E-state index is -0.0712. The number of rotatable bonds is 9. The molecule has 0 radical (unpaired) electrons. The average Bonchev–Trinajstić information content (AvgIpc) is 2.30. The van der Waals surface area contributed by atoms with E-state index in [2.05, 4.69) is 30.6 Å². The van der Waals surface area contributed by atoms with Gasteiger partial charge in [-0.3, -0.25) is 10.2 Å². The van der Waals surface area contributed by atoms with Gasteiger partial charge in [-0.15, -0.1) is 0 Å². The van der Waals surface area contributed by atoms with Crippen LogP contribution in [0.2, 0.25) is 0 Å². The quantitative estimate of drug-likeness (QED) is 0.278. The van der Waals surface area contributed by atoms with E-state index in [-0.39, 0.29) is 5.91 Å². The minimum Gasteiger partial charge on any atom is -0.304 e. The van der Waals surface area contributed by atoms with E-state index in [0.717, 1.165) is 19.4 Å². The lowest BCUT2D eigenvalue weighted by Gasteiger charge is -2.24. The molecule has 1 unspecified atom stereocenters. The fourth-order valence-corrected chi connectivity index (χ4v) is 2.02. The highest BCUT2D eigenvalue weighted by Crippen LogP contribution is 2.07. The highest BCUT2D eigenvalue weighted by Gasteiger charge is 2.08. The maximum absolute atomic E-state index is 10.9. The molecule has 16 heavy (non-hydrogen) atoms. The summed E-state index contributed by atoms with van der Waals surface area (Å²) in [6, 6.07) is 0.621. The number of thioether (sulfide) groups is 1. The molecule has 0 saturated carbocycles. The first kappa shape index (κ1) is 15.7. The Morgan fingerprint density at radius 2 is 2.19 bits per heavy atom. The van der Waals surface area contributed by atoms with Crippen molar-refractivity contribution < 1.29 is 4.79 Å². The number of nitrogens with two attached hydrogens (primary N) is 1. The van der Waals surface area contributed by atoms with Crippen LogP contribution in [-0.2, 0) is 4.79 Å². The van der Waals surface area contributed by atoms with E-state index in [4.69, 9.17) is 5.84 Å². The number of amides is 1. The molecule has 0 fully saturated rings. The molecule has 0 aliphatic rings. The van der Waals surface area contributed by atoms with Crippen LogP contribution < -0.4 is 11.3 Å². The van der Waals surface area contributed by atoms with Crippen LogP contribution in [0.3, 0.4) is 0 Å². The Balaban J connectivity index is 3.48. The van der Waals surface area contributed by atoms with Gasteiger partial charge in [0.1, 0.15) is 0 Å². The Hall–Kier alpha value is -0.260. The molecule has 0 spiro atoms. The molecule has 4 nitrogen and oxygen atoms in total. The predicted molar refractivity (Wildman–Crippen MR) is 71.3 cm³/mol. The van der Waals surface area contributed by atoms with E-state index in [1.807, 2.05) is 11.8 Å². The van der Waals surface area contributed by atoms with Crippen LogP contribution in [0.5, 0.6) is 0 Å². The van der Waals surface area contributed by atoms with Gasteiger partial charge in [0.2, 0.25) is 5.91 Å². The third-order valence-electron chi connectivity index (χ3n) is 2.82. The van der Waals surface area contributed by atoms with Crippen molar-refractivity contribution in [2.24, 2.45) is 5.84 Å². The van der Waals surface area contributed by atoms with Crippen molar-refractivity contribution in [3.05, 3.63) is 0 Å². The van der Waals surface area contributed by atoms with Crippen molar-refractivity contribution in [1.82, 2.24) is 10.3 Å². The number of nitrogens with zero attached hydrogens (tertiary/aromatic N) is 1.